The lowest BCUT2D eigenvalue weighted by Crippen LogP contribution is -2.35. The average Bonchev–Trinajstić information content (AvgIpc) is 3.35. The number of aromatic amines is 1. The van der Waals surface area contributed by atoms with E-state index < -0.39 is 0 Å². The van der Waals surface area contributed by atoms with Crippen LogP contribution in [0.3, 0.4) is 0 Å². The molecule has 0 bridgehead atoms. The molecule has 126 valence electrons. The molecule has 1 atom stereocenters. The van der Waals surface area contributed by atoms with Crippen LogP contribution < -0.4 is 14.8 Å². The third kappa shape index (κ3) is 2.96. The summed E-state index contributed by atoms with van der Waals surface area (Å²) in [5.41, 5.74) is 2.66. The molecule has 0 spiro atoms. The predicted octanol–water partition coefficient (Wildman–Crippen LogP) is 2.28. The number of nitrogens with one attached hydrogen (secondary N) is 2. The van der Waals surface area contributed by atoms with E-state index in [9.17, 15) is 4.79 Å². The summed E-state index contributed by atoms with van der Waals surface area (Å²) >= 11 is 0. The normalized spacial score (nSPS) is 19.3. The molecule has 1 fully saturated rings. The molecular weight excluding hydrogens is 306 g/mol. The monoisotopic (exact) mass is 327 g/mol. The van der Waals surface area contributed by atoms with Crippen molar-refractivity contribution in [2.45, 2.75) is 25.2 Å². The first-order valence-electron chi connectivity index (χ1n) is 8.36. The van der Waals surface area contributed by atoms with Gasteiger partial charge in [0.2, 0.25) is 0 Å². The maximum absolute atomic E-state index is 12.2. The number of para-hydroxylation sites is 1. The second-order valence-electron chi connectivity index (χ2n) is 6.52. The van der Waals surface area contributed by atoms with Gasteiger partial charge < -0.3 is 14.8 Å². The van der Waals surface area contributed by atoms with Crippen molar-refractivity contribution in [3.63, 3.8) is 0 Å². The molecule has 6 nitrogen and oxygen atoms in total. The van der Waals surface area contributed by atoms with Crippen LogP contribution in [0.5, 0.6) is 11.5 Å². The molecule has 1 saturated carbocycles. The van der Waals surface area contributed by atoms with Crippen molar-refractivity contribution in [3.8, 4) is 11.5 Å². The molecule has 2 aromatic rings. The lowest BCUT2D eigenvalue weighted by atomic mass is 9.96. The molecule has 0 saturated heterocycles. The minimum absolute atomic E-state index is 0.130. The Morgan fingerprint density at radius 3 is 3.12 bits per heavy atom. The number of hydrogen-bond donors (Lipinski definition) is 2. The van der Waals surface area contributed by atoms with Crippen LogP contribution in [0.15, 0.2) is 24.3 Å². The summed E-state index contributed by atoms with van der Waals surface area (Å²) in [5, 5.41) is 10.0. The number of H-pyrrole nitrogens is 1. The number of aromatic nitrogens is 2. The van der Waals surface area contributed by atoms with Crippen LogP contribution in [0.2, 0.25) is 0 Å². The Balaban J connectivity index is 1.35. The number of methoxy groups -OCH3 is 1. The summed E-state index contributed by atoms with van der Waals surface area (Å²) in [7, 11) is 1.64. The fraction of sp³-hybridized carbons (Fsp3) is 0.444. The number of ether oxygens (including phenoxy) is 2. The van der Waals surface area contributed by atoms with Gasteiger partial charge in [0.15, 0.2) is 11.5 Å². The van der Waals surface area contributed by atoms with Crippen LogP contribution in [0.1, 0.15) is 40.5 Å². The highest BCUT2D eigenvalue weighted by Gasteiger charge is 2.27. The number of hydrogen-bond acceptors (Lipinski definition) is 4. The zero-order valence-corrected chi connectivity index (χ0v) is 13.7. The number of carbonyl (C=O) groups is 1. The number of amides is 1. The Hall–Kier alpha value is -2.50. The minimum Gasteiger partial charge on any atom is -0.493 e. The van der Waals surface area contributed by atoms with Gasteiger partial charge in [-0.05, 0) is 37.0 Å². The molecule has 2 heterocycles. The highest BCUT2D eigenvalue weighted by molar-refractivity contribution is 5.92. The van der Waals surface area contributed by atoms with Crippen LogP contribution in [0.25, 0.3) is 0 Å². The topological polar surface area (TPSA) is 76.2 Å². The first-order chi connectivity index (χ1) is 11.7. The van der Waals surface area contributed by atoms with Gasteiger partial charge in [0.25, 0.3) is 5.91 Å². The van der Waals surface area contributed by atoms with E-state index >= 15 is 0 Å². The highest BCUT2D eigenvalue weighted by atomic mass is 16.5. The summed E-state index contributed by atoms with van der Waals surface area (Å²) in [6.45, 7) is 1.14. The third-order valence-electron chi connectivity index (χ3n) is 4.65. The Labute approximate surface area is 140 Å². The van der Waals surface area contributed by atoms with E-state index in [4.69, 9.17) is 9.47 Å². The molecule has 2 aliphatic rings. The van der Waals surface area contributed by atoms with Crippen molar-refractivity contribution >= 4 is 5.91 Å². The lowest BCUT2D eigenvalue weighted by molar-refractivity contribution is 0.0933. The lowest BCUT2D eigenvalue weighted by Gasteiger charge is -2.26. The summed E-state index contributed by atoms with van der Waals surface area (Å²) in [5.74, 6) is 2.27. The smallest absolute Gasteiger partial charge is 0.271 e. The van der Waals surface area contributed by atoms with E-state index in [0.717, 1.165) is 29.2 Å². The van der Waals surface area contributed by atoms with Gasteiger partial charge in [0.05, 0.1) is 13.7 Å². The minimum atomic E-state index is -0.130. The first kappa shape index (κ1) is 15.1. The Kier molecular flexibility index (Phi) is 3.88. The van der Waals surface area contributed by atoms with Gasteiger partial charge in [0.1, 0.15) is 5.69 Å². The maximum atomic E-state index is 12.2. The van der Waals surface area contributed by atoms with Crippen molar-refractivity contribution in [2.75, 3.05) is 20.3 Å². The van der Waals surface area contributed by atoms with Crippen molar-refractivity contribution < 1.29 is 14.3 Å². The maximum Gasteiger partial charge on any atom is 0.271 e. The second-order valence-corrected chi connectivity index (χ2v) is 6.52. The highest BCUT2D eigenvalue weighted by Crippen LogP contribution is 2.39. The second kappa shape index (κ2) is 6.19. The van der Waals surface area contributed by atoms with E-state index in [1.165, 1.54) is 12.8 Å². The Bertz CT molecular complexity index is 752. The van der Waals surface area contributed by atoms with Gasteiger partial charge in [0, 0.05) is 24.1 Å². The Morgan fingerprint density at radius 2 is 2.33 bits per heavy atom. The van der Waals surface area contributed by atoms with Gasteiger partial charge in [-0.15, -0.1) is 0 Å². The Morgan fingerprint density at radius 1 is 1.46 bits per heavy atom. The molecule has 1 aromatic heterocycles. The van der Waals surface area contributed by atoms with Crippen molar-refractivity contribution in [2.24, 2.45) is 5.92 Å². The molecule has 1 aliphatic heterocycles. The number of carbonyl (C=O) groups excluding carboxylic acids is 1. The van der Waals surface area contributed by atoms with Crippen LogP contribution in [-0.4, -0.2) is 36.4 Å². The molecule has 24 heavy (non-hydrogen) atoms. The molecular formula is C18H21N3O3. The fourth-order valence-electron chi connectivity index (χ4n) is 3.13. The largest absolute Gasteiger partial charge is 0.493 e. The molecule has 1 amide bonds. The van der Waals surface area contributed by atoms with Crippen LogP contribution in [0, 0.1) is 5.92 Å². The summed E-state index contributed by atoms with van der Waals surface area (Å²) < 4.78 is 11.2. The van der Waals surface area contributed by atoms with E-state index in [1.54, 1.807) is 7.11 Å². The first-order valence-corrected chi connectivity index (χ1v) is 8.36. The summed E-state index contributed by atoms with van der Waals surface area (Å²) in [6, 6.07) is 7.77. The van der Waals surface area contributed by atoms with Gasteiger partial charge >= 0.3 is 0 Å². The fourth-order valence-corrected chi connectivity index (χ4v) is 3.13. The van der Waals surface area contributed by atoms with Crippen LogP contribution in [0.4, 0.5) is 0 Å². The van der Waals surface area contributed by atoms with Crippen molar-refractivity contribution in [3.05, 3.63) is 41.2 Å². The number of nitrogens with zero attached hydrogens (tertiary/aromatic N) is 1. The zero-order valence-electron chi connectivity index (χ0n) is 13.7. The van der Waals surface area contributed by atoms with E-state index in [0.29, 0.717) is 24.8 Å². The van der Waals surface area contributed by atoms with Crippen molar-refractivity contribution in [1.29, 1.82) is 0 Å². The molecule has 2 N–H and O–H groups in total. The van der Waals surface area contributed by atoms with E-state index in [2.05, 4.69) is 15.5 Å². The van der Waals surface area contributed by atoms with Crippen LogP contribution in [-0.2, 0) is 6.42 Å². The van der Waals surface area contributed by atoms with E-state index in [1.807, 2.05) is 24.3 Å². The number of rotatable bonds is 5. The average molecular weight is 327 g/mol. The quantitative estimate of drug-likeness (QED) is 0.883. The summed E-state index contributed by atoms with van der Waals surface area (Å²) in [4.78, 5) is 12.2. The predicted molar refractivity (Wildman–Crippen MR) is 88.6 cm³/mol. The van der Waals surface area contributed by atoms with E-state index in [-0.39, 0.29) is 11.8 Å². The number of fused-ring (bicyclic) bond motifs is 1. The zero-order chi connectivity index (χ0) is 16.5. The summed E-state index contributed by atoms with van der Waals surface area (Å²) in [6.07, 6.45) is 3.23. The third-order valence-corrected chi connectivity index (χ3v) is 4.65. The number of benzene rings is 1. The van der Waals surface area contributed by atoms with Gasteiger partial charge in [-0.1, -0.05) is 12.1 Å². The molecule has 1 aliphatic carbocycles. The standard InChI is InChI=1S/C18H21N3O3/c1-23-16-4-2-3-13-7-11(10-24-17(13)16)9-19-18(22)15-8-14(20-21-15)12-5-6-12/h2-4,8,11-12H,5-7,9-10H2,1H3,(H,19,22)(H,20,21). The van der Waals surface area contributed by atoms with Gasteiger partial charge in [-0.25, -0.2) is 0 Å². The van der Waals surface area contributed by atoms with Gasteiger partial charge in [-0.3, -0.25) is 9.89 Å². The molecule has 0 radical (unpaired) electrons. The molecule has 1 aromatic carbocycles. The SMILES string of the molecule is COc1cccc2c1OCC(CNC(=O)c1cc(C3CC3)[nH]n1)C2. The molecule has 6 heteroatoms. The molecule has 4 rings (SSSR count). The van der Waals surface area contributed by atoms with Crippen LogP contribution >= 0.6 is 0 Å². The van der Waals surface area contributed by atoms with Crippen molar-refractivity contribution in [1.82, 2.24) is 15.5 Å². The molecule has 1 unspecified atom stereocenters. The van der Waals surface area contributed by atoms with Gasteiger partial charge in [-0.2, -0.15) is 5.10 Å².